The number of piperazine rings is 1. The molecule has 0 unspecified atom stereocenters. The number of hydrogen-bond acceptors (Lipinski definition) is 5. The lowest BCUT2D eigenvalue weighted by Gasteiger charge is -2.36. The molecule has 154 valence electrons. The van der Waals surface area contributed by atoms with Crippen molar-refractivity contribution in [2.24, 2.45) is 0 Å². The van der Waals surface area contributed by atoms with Gasteiger partial charge in [0.15, 0.2) is 5.69 Å². The van der Waals surface area contributed by atoms with Crippen LogP contribution in [0.25, 0.3) is 0 Å². The second kappa shape index (κ2) is 8.80. The third-order valence-electron chi connectivity index (χ3n) is 6.32. The predicted molar refractivity (Wildman–Crippen MR) is 117 cm³/mol. The Morgan fingerprint density at radius 2 is 1.72 bits per heavy atom. The third kappa shape index (κ3) is 4.52. The summed E-state index contributed by atoms with van der Waals surface area (Å²) in [5.74, 6) is 0.746. The number of benzene rings is 1. The average Bonchev–Trinajstić information content (AvgIpc) is 2.77. The molecule has 0 bridgehead atoms. The Bertz CT molecular complexity index is 837. The van der Waals surface area contributed by atoms with Gasteiger partial charge < -0.3 is 15.1 Å². The number of aryl methyl sites for hydroxylation is 1. The van der Waals surface area contributed by atoms with Crippen molar-refractivity contribution in [2.45, 2.75) is 52.0 Å². The highest BCUT2D eigenvalue weighted by atomic mass is 16.2. The molecule has 1 saturated heterocycles. The van der Waals surface area contributed by atoms with Crippen molar-refractivity contribution < 1.29 is 4.79 Å². The van der Waals surface area contributed by atoms with Crippen LogP contribution in [0.3, 0.4) is 0 Å². The normalized spacial score (nSPS) is 18.0. The first kappa shape index (κ1) is 19.7. The van der Waals surface area contributed by atoms with E-state index in [0.29, 0.717) is 24.8 Å². The first-order valence-electron chi connectivity index (χ1n) is 10.8. The molecule has 1 aliphatic heterocycles. The second-order valence-electron chi connectivity index (χ2n) is 8.28. The molecular formula is C23H31N5O. The van der Waals surface area contributed by atoms with Crippen LogP contribution in [0.5, 0.6) is 0 Å². The summed E-state index contributed by atoms with van der Waals surface area (Å²) in [6.07, 6.45) is 6.25. The maximum Gasteiger partial charge on any atom is 0.274 e. The van der Waals surface area contributed by atoms with Gasteiger partial charge in [-0.3, -0.25) is 4.79 Å². The minimum atomic E-state index is -0.0256. The summed E-state index contributed by atoms with van der Waals surface area (Å²) in [5.41, 5.74) is 4.33. The second-order valence-corrected chi connectivity index (χ2v) is 8.28. The quantitative estimate of drug-likeness (QED) is 0.856. The number of nitrogens with zero attached hydrogens (tertiary/aromatic N) is 4. The van der Waals surface area contributed by atoms with Crippen LogP contribution in [-0.4, -0.2) is 53.2 Å². The predicted octanol–water partition coefficient (Wildman–Crippen LogP) is 3.80. The van der Waals surface area contributed by atoms with Gasteiger partial charge in [-0.15, -0.1) is 10.2 Å². The fourth-order valence-electron chi connectivity index (χ4n) is 4.37. The molecule has 1 aromatic carbocycles. The molecule has 2 fully saturated rings. The topological polar surface area (TPSA) is 61.4 Å². The minimum absolute atomic E-state index is 0.0256. The molecule has 1 aliphatic carbocycles. The molecule has 6 nitrogen and oxygen atoms in total. The summed E-state index contributed by atoms with van der Waals surface area (Å²) >= 11 is 0. The summed E-state index contributed by atoms with van der Waals surface area (Å²) in [6.45, 7) is 7.40. The lowest BCUT2D eigenvalue weighted by molar-refractivity contribution is 0.0739. The molecule has 6 heteroatoms. The fourth-order valence-corrected chi connectivity index (χ4v) is 4.37. The summed E-state index contributed by atoms with van der Waals surface area (Å²) in [5, 5.41) is 11.9. The van der Waals surface area contributed by atoms with Crippen molar-refractivity contribution >= 4 is 17.4 Å². The van der Waals surface area contributed by atoms with Crippen LogP contribution in [0.15, 0.2) is 30.3 Å². The maximum atomic E-state index is 12.8. The Kier molecular flexibility index (Phi) is 5.97. The number of nitrogens with one attached hydrogen (secondary N) is 1. The van der Waals surface area contributed by atoms with E-state index in [4.69, 9.17) is 0 Å². The zero-order valence-electron chi connectivity index (χ0n) is 17.5. The number of rotatable bonds is 4. The highest BCUT2D eigenvalue weighted by Gasteiger charge is 2.24. The fraction of sp³-hybridized carbons (Fsp3) is 0.522. The van der Waals surface area contributed by atoms with Gasteiger partial charge in [0.05, 0.1) is 0 Å². The molecular weight excluding hydrogens is 362 g/mol. The van der Waals surface area contributed by atoms with Gasteiger partial charge in [-0.25, -0.2) is 0 Å². The van der Waals surface area contributed by atoms with E-state index in [2.05, 4.69) is 52.5 Å². The van der Waals surface area contributed by atoms with Crippen molar-refractivity contribution in [3.05, 3.63) is 47.2 Å². The van der Waals surface area contributed by atoms with E-state index in [1.807, 2.05) is 11.0 Å². The van der Waals surface area contributed by atoms with Crippen molar-refractivity contribution in [3.63, 3.8) is 0 Å². The van der Waals surface area contributed by atoms with E-state index < -0.39 is 0 Å². The first-order chi connectivity index (χ1) is 14.1. The monoisotopic (exact) mass is 393 g/mol. The van der Waals surface area contributed by atoms with E-state index in [0.717, 1.165) is 18.9 Å². The minimum Gasteiger partial charge on any atom is -0.368 e. The Balaban J connectivity index is 1.34. The van der Waals surface area contributed by atoms with Crippen LogP contribution in [0.4, 0.5) is 11.5 Å². The van der Waals surface area contributed by atoms with Crippen LogP contribution in [0.1, 0.15) is 53.7 Å². The molecule has 4 rings (SSSR count). The highest BCUT2D eigenvalue weighted by molar-refractivity contribution is 5.92. The Morgan fingerprint density at radius 3 is 2.41 bits per heavy atom. The lowest BCUT2D eigenvalue weighted by Crippen LogP contribution is -2.49. The van der Waals surface area contributed by atoms with E-state index >= 15 is 0 Å². The summed E-state index contributed by atoms with van der Waals surface area (Å²) < 4.78 is 0. The molecule has 1 amide bonds. The number of carbonyl (C=O) groups is 1. The van der Waals surface area contributed by atoms with Gasteiger partial charge in [-0.05, 0) is 56.0 Å². The number of hydrogen-bond donors (Lipinski definition) is 1. The van der Waals surface area contributed by atoms with Gasteiger partial charge in [0.2, 0.25) is 0 Å². The molecule has 0 atom stereocenters. The van der Waals surface area contributed by atoms with Crippen molar-refractivity contribution in [1.29, 1.82) is 0 Å². The standard InChI is InChI=1S/C23H31N5O/c1-17-7-6-10-21(18(17)2)27-13-15-28(16-14-27)23(29)20-11-12-22(26-25-20)24-19-8-4-3-5-9-19/h6-7,10-12,19H,3-5,8-9,13-16H2,1-2H3,(H,24,26). The van der Waals surface area contributed by atoms with Gasteiger partial charge in [0, 0.05) is 37.9 Å². The molecule has 1 saturated carbocycles. The molecule has 2 aliphatic rings. The largest absolute Gasteiger partial charge is 0.368 e. The third-order valence-corrected chi connectivity index (χ3v) is 6.32. The molecule has 2 aromatic rings. The zero-order valence-corrected chi connectivity index (χ0v) is 17.5. The van der Waals surface area contributed by atoms with Gasteiger partial charge in [0.1, 0.15) is 5.82 Å². The molecule has 2 heterocycles. The van der Waals surface area contributed by atoms with Gasteiger partial charge in [0.25, 0.3) is 5.91 Å². The molecule has 29 heavy (non-hydrogen) atoms. The highest BCUT2D eigenvalue weighted by Crippen LogP contribution is 2.24. The Hall–Kier alpha value is -2.63. The van der Waals surface area contributed by atoms with Crippen LogP contribution in [-0.2, 0) is 0 Å². The smallest absolute Gasteiger partial charge is 0.274 e. The molecule has 0 radical (unpaired) electrons. The average molecular weight is 394 g/mol. The van der Waals surface area contributed by atoms with Crippen LogP contribution in [0.2, 0.25) is 0 Å². The van der Waals surface area contributed by atoms with Crippen LogP contribution < -0.4 is 10.2 Å². The summed E-state index contributed by atoms with van der Waals surface area (Å²) in [4.78, 5) is 17.1. The van der Waals surface area contributed by atoms with Crippen molar-refractivity contribution in [1.82, 2.24) is 15.1 Å². The zero-order chi connectivity index (χ0) is 20.2. The summed E-state index contributed by atoms with van der Waals surface area (Å²) in [7, 11) is 0. The van der Waals surface area contributed by atoms with Gasteiger partial charge >= 0.3 is 0 Å². The molecule has 1 aromatic heterocycles. The van der Waals surface area contributed by atoms with Crippen molar-refractivity contribution in [3.8, 4) is 0 Å². The molecule has 1 N–H and O–H groups in total. The number of aromatic nitrogens is 2. The Morgan fingerprint density at radius 1 is 0.966 bits per heavy atom. The van der Waals surface area contributed by atoms with E-state index in [9.17, 15) is 4.79 Å². The van der Waals surface area contributed by atoms with E-state index in [1.54, 1.807) is 6.07 Å². The number of carbonyl (C=O) groups excluding carboxylic acids is 1. The summed E-state index contributed by atoms with van der Waals surface area (Å²) in [6, 6.07) is 10.6. The van der Waals surface area contributed by atoms with Crippen LogP contribution in [0, 0.1) is 13.8 Å². The van der Waals surface area contributed by atoms with Gasteiger partial charge in [-0.2, -0.15) is 0 Å². The van der Waals surface area contributed by atoms with E-state index in [-0.39, 0.29) is 5.91 Å². The number of anilines is 2. The maximum absolute atomic E-state index is 12.8. The number of amides is 1. The SMILES string of the molecule is Cc1cccc(N2CCN(C(=O)c3ccc(NC4CCCCC4)nn3)CC2)c1C. The van der Waals surface area contributed by atoms with Gasteiger partial charge in [-0.1, -0.05) is 31.4 Å². The molecule has 0 spiro atoms. The van der Waals surface area contributed by atoms with E-state index in [1.165, 1.54) is 48.9 Å². The Labute approximate surface area is 173 Å². The first-order valence-corrected chi connectivity index (χ1v) is 10.8. The van der Waals surface area contributed by atoms with Crippen LogP contribution >= 0.6 is 0 Å². The van der Waals surface area contributed by atoms with Crippen molar-refractivity contribution in [2.75, 3.05) is 36.4 Å². The lowest BCUT2D eigenvalue weighted by atomic mass is 9.95.